The minimum atomic E-state index is -0.101. The van der Waals surface area contributed by atoms with Crippen LogP contribution in [0.2, 0.25) is 0 Å². The molecule has 3 saturated carbocycles. The third kappa shape index (κ3) is 1.72. The van der Waals surface area contributed by atoms with Crippen LogP contribution in [-0.2, 0) is 4.79 Å². The van der Waals surface area contributed by atoms with Gasteiger partial charge in [-0.05, 0) is 53.2 Å². The van der Waals surface area contributed by atoms with Crippen LogP contribution in [0, 0.1) is 22.2 Å². The second-order valence-electron chi connectivity index (χ2n) is 9.26. The number of hydrogen-bond acceptors (Lipinski definition) is 1. The first kappa shape index (κ1) is 15.4. The number of carbonyl (C=O) groups excluding carboxylic acids is 1. The van der Waals surface area contributed by atoms with Gasteiger partial charge in [0.2, 0.25) is 0 Å². The molecule has 0 unspecified atom stereocenters. The van der Waals surface area contributed by atoms with E-state index in [0.717, 1.165) is 12.8 Å². The van der Waals surface area contributed by atoms with Crippen LogP contribution in [0.4, 0.5) is 0 Å². The lowest BCUT2D eigenvalue weighted by Gasteiger charge is -2.32. The summed E-state index contributed by atoms with van der Waals surface area (Å²) in [5.41, 5.74) is 3.87. The van der Waals surface area contributed by atoms with E-state index in [0.29, 0.717) is 17.6 Å². The van der Waals surface area contributed by atoms with E-state index in [9.17, 15) is 4.79 Å². The van der Waals surface area contributed by atoms with Gasteiger partial charge >= 0.3 is 0 Å². The summed E-state index contributed by atoms with van der Waals surface area (Å²) in [4.78, 5) is 13.4. The fourth-order valence-corrected chi connectivity index (χ4v) is 6.35. The quantitative estimate of drug-likeness (QED) is 0.675. The molecule has 2 aromatic rings. The van der Waals surface area contributed by atoms with Crippen LogP contribution in [0.1, 0.15) is 51.5 Å². The van der Waals surface area contributed by atoms with Crippen molar-refractivity contribution in [2.75, 3.05) is 0 Å². The van der Waals surface area contributed by atoms with Crippen molar-refractivity contribution in [1.29, 1.82) is 0 Å². The molecule has 3 aliphatic rings. The number of benzene rings is 2. The van der Waals surface area contributed by atoms with Gasteiger partial charge in [0.05, 0.1) is 0 Å². The standard InChI is InChI=1S/C24H26O/c1-22(2)20-13-14-23(22,3)21(25)24(20)15-19(24)18-11-9-17(10-12-18)16-7-5-4-6-8-16/h4-12,19-20H,13-15H2,1-3H3/t19-,20-,23-,24+/m1/s1. The fraction of sp³-hybridized carbons (Fsp3) is 0.458. The van der Waals surface area contributed by atoms with Crippen LogP contribution in [0.25, 0.3) is 11.1 Å². The van der Waals surface area contributed by atoms with Crippen molar-refractivity contribution >= 4 is 5.78 Å². The number of fused-ring (bicyclic) bond motifs is 3. The highest BCUT2D eigenvalue weighted by molar-refractivity contribution is 5.98. The molecule has 3 aliphatic carbocycles. The number of ketones is 1. The van der Waals surface area contributed by atoms with E-state index in [2.05, 4.69) is 75.4 Å². The zero-order chi connectivity index (χ0) is 17.4. The summed E-state index contributed by atoms with van der Waals surface area (Å²) < 4.78 is 0. The average molecular weight is 330 g/mol. The highest BCUT2D eigenvalue weighted by Crippen LogP contribution is 2.81. The Morgan fingerprint density at radius 3 is 2.12 bits per heavy atom. The lowest BCUT2D eigenvalue weighted by Crippen LogP contribution is -2.34. The lowest BCUT2D eigenvalue weighted by molar-refractivity contribution is -0.133. The summed E-state index contributed by atoms with van der Waals surface area (Å²) in [7, 11) is 0. The first-order chi connectivity index (χ1) is 11.9. The van der Waals surface area contributed by atoms with E-state index in [1.165, 1.54) is 23.1 Å². The molecule has 0 aliphatic heterocycles. The van der Waals surface area contributed by atoms with E-state index in [1.54, 1.807) is 0 Å². The molecule has 25 heavy (non-hydrogen) atoms. The first-order valence-corrected chi connectivity index (χ1v) is 9.61. The molecule has 1 spiro atoms. The fourth-order valence-electron chi connectivity index (χ4n) is 6.35. The molecule has 1 heteroatoms. The number of hydrogen-bond donors (Lipinski definition) is 0. The first-order valence-electron chi connectivity index (χ1n) is 9.61. The normalized spacial score (nSPS) is 37.6. The molecule has 2 aromatic carbocycles. The molecule has 2 bridgehead atoms. The Bertz CT molecular complexity index is 847. The Morgan fingerprint density at radius 2 is 1.52 bits per heavy atom. The van der Waals surface area contributed by atoms with Crippen molar-refractivity contribution in [3.05, 3.63) is 60.2 Å². The van der Waals surface area contributed by atoms with Gasteiger partial charge in [0.1, 0.15) is 5.78 Å². The minimum absolute atomic E-state index is 0.0508. The van der Waals surface area contributed by atoms with Crippen LogP contribution >= 0.6 is 0 Å². The van der Waals surface area contributed by atoms with Crippen molar-refractivity contribution in [3.63, 3.8) is 0 Å². The second-order valence-corrected chi connectivity index (χ2v) is 9.26. The Morgan fingerprint density at radius 1 is 0.880 bits per heavy atom. The smallest absolute Gasteiger partial charge is 0.146 e. The van der Waals surface area contributed by atoms with E-state index < -0.39 is 0 Å². The summed E-state index contributed by atoms with van der Waals surface area (Å²) in [6.45, 7) is 6.91. The Balaban J connectivity index is 1.47. The molecule has 0 radical (unpaired) electrons. The van der Waals surface area contributed by atoms with Crippen molar-refractivity contribution in [2.24, 2.45) is 22.2 Å². The zero-order valence-corrected chi connectivity index (χ0v) is 15.4. The van der Waals surface area contributed by atoms with Gasteiger partial charge in [-0.15, -0.1) is 0 Å². The molecule has 4 atom stereocenters. The molecule has 0 heterocycles. The van der Waals surface area contributed by atoms with Crippen LogP contribution in [0.15, 0.2) is 54.6 Å². The minimum Gasteiger partial charge on any atom is -0.298 e. The summed E-state index contributed by atoms with van der Waals surface area (Å²) >= 11 is 0. The van der Waals surface area contributed by atoms with Crippen molar-refractivity contribution < 1.29 is 4.79 Å². The number of Topliss-reactive ketones (excluding diaryl/α,β-unsaturated/α-hetero) is 1. The SMILES string of the molecule is CC1(C)[C@H]2CC[C@]1(C)C(=O)[C@]21C[C@@H]1c1ccc(-c2ccccc2)cc1. The highest BCUT2D eigenvalue weighted by Gasteiger charge is 2.80. The largest absolute Gasteiger partial charge is 0.298 e. The van der Waals surface area contributed by atoms with Crippen LogP contribution in [0.3, 0.4) is 0 Å². The molecule has 0 saturated heterocycles. The van der Waals surface area contributed by atoms with Gasteiger partial charge in [-0.25, -0.2) is 0 Å². The maximum Gasteiger partial charge on any atom is 0.146 e. The van der Waals surface area contributed by atoms with Gasteiger partial charge in [0.25, 0.3) is 0 Å². The average Bonchev–Trinajstić information content (AvgIpc) is 3.28. The predicted molar refractivity (Wildman–Crippen MR) is 101 cm³/mol. The monoisotopic (exact) mass is 330 g/mol. The van der Waals surface area contributed by atoms with Gasteiger partial charge in [0.15, 0.2) is 0 Å². The van der Waals surface area contributed by atoms with Gasteiger partial charge in [-0.1, -0.05) is 75.4 Å². The van der Waals surface area contributed by atoms with Crippen LogP contribution < -0.4 is 0 Å². The predicted octanol–water partition coefficient (Wildman–Crippen LogP) is 5.85. The van der Waals surface area contributed by atoms with Gasteiger partial charge < -0.3 is 0 Å². The second kappa shape index (κ2) is 4.63. The van der Waals surface area contributed by atoms with Crippen molar-refractivity contribution in [1.82, 2.24) is 0 Å². The van der Waals surface area contributed by atoms with Gasteiger partial charge in [-0.2, -0.15) is 0 Å². The van der Waals surface area contributed by atoms with Gasteiger partial charge in [0, 0.05) is 10.8 Å². The Labute approximate surface area is 150 Å². The maximum atomic E-state index is 13.4. The van der Waals surface area contributed by atoms with E-state index in [4.69, 9.17) is 0 Å². The molecule has 5 rings (SSSR count). The summed E-state index contributed by atoms with van der Waals surface area (Å²) in [6, 6.07) is 19.5. The molecule has 3 fully saturated rings. The summed E-state index contributed by atoms with van der Waals surface area (Å²) in [5, 5.41) is 0. The number of carbonyl (C=O) groups is 1. The van der Waals surface area contributed by atoms with Crippen LogP contribution in [0.5, 0.6) is 0 Å². The maximum absolute atomic E-state index is 13.4. The lowest BCUT2D eigenvalue weighted by atomic mass is 9.70. The third-order valence-corrected chi connectivity index (χ3v) is 8.20. The highest BCUT2D eigenvalue weighted by atomic mass is 16.1. The van der Waals surface area contributed by atoms with Crippen molar-refractivity contribution in [2.45, 2.75) is 46.0 Å². The molecular formula is C24H26O. The van der Waals surface area contributed by atoms with Gasteiger partial charge in [-0.3, -0.25) is 4.79 Å². The zero-order valence-electron chi connectivity index (χ0n) is 15.4. The summed E-state index contributed by atoms with van der Waals surface area (Å²) in [6.07, 6.45) is 3.39. The molecular weight excluding hydrogens is 304 g/mol. The topological polar surface area (TPSA) is 17.1 Å². The molecule has 0 N–H and O–H groups in total. The Kier molecular flexibility index (Phi) is 2.85. The Hall–Kier alpha value is -1.89. The number of rotatable bonds is 2. The van der Waals surface area contributed by atoms with E-state index in [1.807, 2.05) is 0 Å². The van der Waals surface area contributed by atoms with E-state index >= 15 is 0 Å². The van der Waals surface area contributed by atoms with Crippen LogP contribution in [-0.4, -0.2) is 5.78 Å². The van der Waals surface area contributed by atoms with Crippen molar-refractivity contribution in [3.8, 4) is 11.1 Å². The van der Waals surface area contributed by atoms with E-state index in [-0.39, 0.29) is 16.2 Å². The molecule has 1 nitrogen and oxygen atoms in total. The molecule has 128 valence electrons. The third-order valence-electron chi connectivity index (χ3n) is 8.20. The molecule has 0 aromatic heterocycles. The molecule has 0 amide bonds. The summed E-state index contributed by atoms with van der Waals surface area (Å²) in [5.74, 6) is 1.57.